The minimum Gasteiger partial charge on any atom is -0.480 e. The van der Waals surface area contributed by atoms with Gasteiger partial charge in [-0.2, -0.15) is 0 Å². The van der Waals surface area contributed by atoms with Crippen molar-refractivity contribution < 1.29 is 14.7 Å². The maximum atomic E-state index is 11.9. The molecule has 0 aliphatic heterocycles. The molecular weight excluding hydrogens is 220 g/mol. The Balaban J connectivity index is 2.96. The second-order valence-corrected chi connectivity index (χ2v) is 3.67. The summed E-state index contributed by atoms with van der Waals surface area (Å²) < 4.78 is 0. The van der Waals surface area contributed by atoms with Gasteiger partial charge in [0, 0.05) is 5.69 Å². The molecule has 5 nitrogen and oxygen atoms in total. The lowest BCUT2D eigenvalue weighted by Gasteiger charge is -2.23. The largest absolute Gasteiger partial charge is 0.480 e. The third-order valence-corrected chi connectivity index (χ3v) is 2.38. The molecule has 5 heteroatoms. The molecule has 1 aromatic rings. The lowest BCUT2D eigenvalue weighted by atomic mass is 10.2. The highest BCUT2D eigenvalue weighted by Crippen LogP contribution is 2.14. The van der Waals surface area contributed by atoms with E-state index in [1.54, 1.807) is 37.3 Å². The molecule has 17 heavy (non-hydrogen) atoms. The number of hydrogen-bond donors (Lipinski definition) is 2. The van der Waals surface area contributed by atoms with Gasteiger partial charge in [-0.3, -0.25) is 14.5 Å². The van der Waals surface area contributed by atoms with E-state index in [0.29, 0.717) is 12.1 Å². The second-order valence-electron chi connectivity index (χ2n) is 3.67. The van der Waals surface area contributed by atoms with Gasteiger partial charge in [0.15, 0.2) is 0 Å². The zero-order chi connectivity index (χ0) is 12.8. The van der Waals surface area contributed by atoms with Gasteiger partial charge in [0.25, 0.3) is 0 Å². The van der Waals surface area contributed by atoms with Crippen molar-refractivity contribution in [2.45, 2.75) is 19.4 Å². The molecule has 0 bridgehead atoms. The molecule has 0 heterocycles. The number of hydrogen-bond acceptors (Lipinski definition) is 3. The number of carboxylic acid groups (broad SMARTS) is 1. The summed E-state index contributed by atoms with van der Waals surface area (Å²) in [6.45, 7) is 1.41. The van der Waals surface area contributed by atoms with Crippen molar-refractivity contribution in [3.8, 4) is 0 Å². The molecule has 1 amide bonds. The molecule has 0 aliphatic rings. The molecule has 0 spiro atoms. The maximum absolute atomic E-state index is 11.9. The normalized spacial score (nSPS) is 11.9. The van der Waals surface area contributed by atoms with Crippen LogP contribution < -0.4 is 10.6 Å². The van der Waals surface area contributed by atoms with Gasteiger partial charge in [0.05, 0.1) is 6.04 Å². The number of carbonyl (C=O) groups is 2. The van der Waals surface area contributed by atoms with Crippen LogP contribution in [0.3, 0.4) is 0 Å². The number of amides is 1. The average Bonchev–Trinajstić information content (AvgIpc) is 2.35. The minimum absolute atomic E-state index is 0.374. The zero-order valence-electron chi connectivity index (χ0n) is 9.67. The fourth-order valence-corrected chi connectivity index (χ4v) is 1.41. The summed E-state index contributed by atoms with van der Waals surface area (Å²) in [6, 6.07) is 7.98. The van der Waals surface area contributed by atoms with E-state index in [1.165, 1.54) is 4.90 Å². The third-order valence-electron chi connectivity index (χ3n) is 2.38. The quantitative estimate of drug-likeness (QED) is 0.793. The van der Waals surface area contributed by atoms with Gasteiger partial charge in [-0.05, 0) is 18.6 Å². The number of nitrogens with two attached hydrogens (primary N) is 1. The van der Waals surface area contributed by atoms with Crippen LogP contribution in [0.5, 0.6) is 0 Å². The van der Waals surface area contributed by atoms with Gasteiger partial charge in [-0.15, -0.1) is 0 Å². The Labute approximate surface area is 99.8 Å². The molecule has 0 aliphatic carbocycles. The lowest BCUT2D eigenvalue weighted by molar-refractivity contribution is -0.136. The third kappa shape index (κ3) is 3.57. The molecule has 0 radical (unpaired) electrons. The number of carboxylic acids is 1. The van der Waals surface area contributed by atoms with Crippen molar-refractivity contribution in [1.82, 2.24) is 0 Å². The first kappa shape index (κ1) is 13.2. The van der Waals surface area contributed by atoms with Crippen LogP contribution >= 0.6 is 0 Å². The number of aliphatic carboxylic acids is 1. The Morgan fingerprint density at radius 2 is 1.94 bits per heavy atom. The van der Waals surface area contributed by atoms with Gasteiger partial charge >= 0.3 is 5.97 Å². The summed E-state index contributed by atoms with van der Waals surface area (Å²) in [5.41, 5.74) is 6.19. The highest BCUT2D eigenvalue weighted by Gasteiger charge is 2.22. The van der Waals surface area contributed by atoms with E-state index in [-0.39, 0.29) is 12.5 Å². The van der Waals surface area contributed by atoms with E-state index in [9.17, 15) is 9.59 Å². The second kappa shape index (κ2) is 6.00. The van der Waals surface area contributed by atoms with E-state index in [4.69, 9.17) is 10.8 Å². The monoisotopic (exact) mass is 236 g/mol. The molecule has 1 atom stereocenters. The fraction of sp³-hybridized carbons (Fsp3) is 0.333. The zero-order valence-corrected chi connectivity index (χ0v) is 9.67. The highest BCUT2D eigenvalue weighted by atomic mass is 16.4. The Morgan fingerprint density at radius 3 is 2.41 bits per heavy atom. The number of benzene rings is 1. The van der Waals surface area contributed by atoms with E-state index in [2.05, 4.69) is 0 Å². The van der Waals surface area contributed by atoms with E-state index in [1.807, 2.05) is 0 Å². The van der Waals surface area contributed by atoms with Crippen molar-refractivity contribution in [2.75, 3.05) is 11.4 Å². The Bertz CT molecular complexity index is 392. The first-order chi connectivity index (χ1) is 8.06. The number of para-hydroxylation sites is 1. The smallest absolute Gasteiger partial charge is 0.323 e. The Hall–Kier alpha value is -1.88. The molecule has 3 N–H and O–H groups in total. The summed E-state index contributed by atoms with van der Waals surface area (Å²) in [7, 11) is 0. The summed E-state index contributed by atoms with van der Waals surface area (Å²) in [6.07, 6.45) is 0.474. The van der Waals surface area contributed by atoms with Crippen LogP contribution in [0.4, 0.5) is 5.69 Å². The molecule has 0 saturated heterocycles. The number of anilines is 1. The molecule has 1 aromatic carbocycles. The summed E-state index contributed by atoms with van der Waals surface area (Å²) in [5, 5.41) is 8.81. The standard InChI is InChI=1S/C12H16N2O3/c1-2-10(13)12(17)14(8-11(15)16)9-6-4-3-5-7-9/h3-7,10H,2,8,13H2,1H3,(H,15,16). The number of rotatable bonds is 5. The molecule has 0 fully saturated rings. The van der Waals surface area contributed by atoms with Gasteiger partial charge in [0.2, 0.25) is 5.91 Å². The highest BCUT2D eigenvalue weighted by molar-refractivity contribution is 6.00. The number of carbonyl (C=O) groups excluding carboxylic acids is 1. The van der Waals surface area contributed by atoms with Gasteiger partial charge < -0.3 is 10.8 Å². The predicted octanol–water partition coefficient (Wildman–Crippen LogP) is 0.842. The van der Waals surface area contributed by atoms with Gasteiger partial charge in [-0.25, -0.2) is 0 Å². The minimum atomic E-state index is -1.06. The Kier molecular flexibility index (Phi) is 4.66. The van der Waals surface area contributed by atoms with Crippen LogP contribution in [0.25, 0.3) is 0 Å². The first-order valence-corrected chi connectivity index (χ1v) is 5.40. The summed E-state index contributed by atoms with van der Waals surface area (Å²) >= 11 is 0. The van der Waals surface area contributed by atoms with Crippen LogP contribution in [-0.2, 0) is 9.59 Å². The molecule has 1 rings (SSSR count). The number of nitrogens with zero attached hydrogens (tertiary/aromatic N) is 1. The predicted molar refractivity (Wildman–Crippen MR) is 64.7 cm³/mol. The molecule has 0 aromatic heterocycles. The first-order valence-electron chi connectivity index (χ1n) is 5.40. The average molecular weight is 236 g/mol. The van der Waals surface area contributed by atoms with Crippen LogP contribution in [0.1, 0.15) is 13.3 Å². The summed E-state index contributed by atoms with van der Waals surface area (Å²) in [5.74, 6) is -1.44. The molecule has 0 saturated carbocycles. The van der Waals surface area contributed by atoms with Gasteiger partial charge in [0.1, 0.15) is 6.54 Å². The maximum Gasteiger partial charge on any atom is 0.323 e. The van der Waals surface area contributed by atoms with Crippen LogP contribution in [0.15, 0.2) is 30.3 Å². The lowest BCUT2D eigenvalue weighted by Crippen LogP contribution is -2.45. The van der Waals surface area contributed by atoms with Crippen molar-refractivity contribution >= 4 is 17.6 Å². The molecule has 92 valence electrons. The van der Waals surface area contributed by atoms with Crippen LogP contribution in [0, 0.1) is 0 Å². The van der Waals surface area contributed by atoms with Crippen molar-refractivity contribution in [1.29, 1.82) is 0 Å². The van der Waals surface area contributed by atoms with Crippen molar-refractivity contribution in [2.24, 2.45) is 5.73 Å². The summed E-state index contributed by atoms with van der Waals surface area (Å²) in [4.78, 5) is 23.9. The van der Waals surface area contributed by atoms with E-state index >= 15 is 0 Å². The topological polar surface area (TPSA) is 83.6 Å². The Morgan fingerprint density at radius 1 is 1.35 bits per heavy atom. The van der Waals surface area contributed by atoms with Crippen molar-refractivity contribution in [3.05, 3.63) is 30.3 Å². The molecule has 1 unspecified atom stereocenters. The van der Waals surface area contributed by atoms with Crippen molar-refractivity contribution in [3.63, 3.8) is 0 Å². The fourth-order valence-electron chi connectivity index (χ4n) is 1.41. The van der Waals surface area contributed by atoms with Gasteiger partial charge in [-0.1, -0.05) is 25.1 Å². The van der Waals surface area contributed by atoms with E-state index in [0.717, 1.165) is 0 Å². The van der Waals surface area contributed by atoms with Crippen LogP contribution in [-0.4, -0.2) is 29.6 Å². The van der Waals surface area contributed by atoms with E-state index < -0.39 is 12.0 Å². The molecular formula is C12H16N2O3. The van der Waals surface area contributed by atoms with Crippen LogP contribution in [0.2, 0.25) is 0 Å². The SMILES string of the molecule is CCC(N)C(=O)N(CC(=O)O)c1ccccc1.